The number of hydrogen-bond acceptors (Lipinski definition) is 8. The molecule has 3 N–H and O–H groups in total. The van der Waals surface area contributed by atoms with Gasteiger partial charge in [0.05, 0.1) is 25.1 Å². The minimum atomic E-state index is -0.566. The van der Waals surface area contributed by atoms with Gasteiger partial charge in [0.1, 0.15) is 12.3 Å². The third-order valence-electron chi connectivity index (χ3n) is 4.63. The number of azide groups is 1. The Balaban J connectivity index is 1.67. The number of anilines is 1. The maximum Gasteiger partial charge on any atom is 0.247 e. The number of nitrogen functional groups attached to an aromatic ring is 1. The van der Waals surface area contributed by atoms with Crippen molar-refractivity contribution in [3.63, 3.8) is 0 Å². The first-order valence-electron chi connectivity index (χ1n) is 8.17. The minimum Gasteiger partial charge on any atom is -0.473 e. The molecule has 2 aromatic heterocycles. The van der Waals surface area contributed by atoms with Crippen LogP contribution in [0.25, 0.3) is 21.6 Å². The van der Waals surface area contributed by atoms with Crippen molar-refractivity contribution in [3.8, 4) is 5.88 Å². The zero-order valence-corrected chi connectivity index (χ0v) is 13.4. The highest BCUT2D eigenvalue weighted by atomic mass is 16.5. The van der Waals surface area contributed by atoms with E-state index in [-0.39, 0.29) is 18.7 Å². The van der Waals surface area contributed by atoms with E-state index in [1.165, 1.54) is 0 Å². The number of rotatable bonds is 5. The molecule has 2 aromatic rings. The van der Waals surface area contributed by atoms with Crippen LogP contribution in [0.5, 0.6) is 5.88 Å². The summed E-state index contributed by atoms with van der Waals surface area (Å²) in [6.45, 7) is -0.236. The van der Waals surface area contributed by atoms with Crippen LogP contribution in [0.1, 0.15) is 31.9 Å². The molecule has 1 saturated carbocycles. The number of imidazole rings is 1. The van der Waals surface area contributed by atoms with E-state index in [0.29, 0.717) is 23.5 Å². The Morgan fingerprint density at radius 3 is 3.00 bits per heavy atom. The summed E-state index contributed by atoms with van der Waals surface area (Å²) in [4.78, 5) is 15.6. The van der Waals surface area contributed by atoms with Gasteiger partial charge in [0.25, 0.3) is 0 Å². The highest BCUT2D eigenvalue weighted by Crippen LogP contribution is 2.35. The molecule has 1 saturated heterocycles. The molecule has 0 bridgehead atoms. The second-order valence-corrected chi connectivity index (χ2v) is 6.20. The molecule has 0 unspecified atom stereocenters. The minimum absolute atomic E-state index is 0.0897. The van der Waals surface area contributed by atoms with Crippen LogP contribution in [0.3, 0.4) is 0 Å². The lowest BCUT2D eigenvalue weighted by Gasteiger charge is -2.25. The van der Waals surface area contributed by atoms with Crippen molar-refractivity contribution >= 4 is 17.1 Å². The van der Waals surface area contributed by atoms with Gasteiger partial charge in [-0.2, -0.15) is 9.97 Å². The van der Waals surface area contributed by atoms with Crippen LogP contribution in [0, 0.1) is 0 Å². The highest BCUT2D eigenvalue weighted by Gasteiger charge is 2.36. The first kappa shape index (κ1) is 15.9. The molecule has 1 aliphatic heterocycles. The molecule has 3 heterocycles. The first-order valence-corrected chi connectivity index (χ1v) is 8.17. The lowest BCUT2D eigenvalue weighted by Crippen LogP contribution is -2.25. The SMILES string of the molecule is [N-]=[N+]=N[C@H]1C[C@H](n2cnc3c(OC4CCC4)nc(N)nc32)O[C@@H]1CO. The molecule has 132 valence electrons. The highest BCUT2D eigenvalue weighted by molar-refractivity contribution is 5.77. The largest absolute Gasteiger partial charge is 0.473 e. The molecule has 0 aromatic carbocycles. The fraction of sp³-hybridized carbons (Fsp3) is 0.643. The van der Waals surface area contributed by atoms with Gasteiger partial charge in [-0.3, -0.25) is 4.57 Å². The van der Waals surface area contributed by atoms with Gasteiger partial charge in [0.15, 0.2) is 11.2 Å². The number of aromatic nitrogens is 4. The Kier molecular flexibility index (Phi) is 4.04. The Labute approximate surface area is 142 Å². The van der Waals surface area contributed by atoms with Gasteiger partial charge >= 0.3 is 0 Å². The van der Waals surface area contributed by atoms with Gasteiger partial charge in [-0.15, -0.1) is 0 Å². The van der Waals surface area contributed by atoms with Crippen molar-refractivity contribution < 1.29 is 14.6 Å². The van der Waals surface area contributed by atoms with E-state index in [0.717, 1.165) is 19.3 Å². The lowest BCUT2D eigenvalue weighted by molar-refractivity contribution is -0.0232. The number of nitrogens with zero attached hydrogens (tertiary/aromatic N) is 7. The topological polar surface area (TPSA) is 157 Å². The molecule has 1 aliphatic carbocycles. The van der Waals surface area contributed by atoms with Crippen molar-refractivity contribution in [2.24, 2.45) is 5.11 Å². The zero-order valence-electron chi connectivity index (χ0n) is 13.4. The van der Waals surface area contributed by atoms with Crippen LogP contribution in [-0.4, -0.2) is 49.5 Å². The van der Waals surface area contributed by atoms with Crippen molar-refractivity contribution in [3.05, 3.63) is 16.8 Å². The average molecular weight is 346 g/mol. The summed E-state index contributed by atoms with van der Waals surface area (Å²) < 4.78 is 13.4. The van der Waals surface area contributed by atoms with Crippen LogP contribution in [-0.2, 0) is 4.74 Å². The zero-order chi connectivity index (χ0) is 17.4. The third kappa shape index (κ3) is 2.82. The molecule has 11 heteroatoms. The van der Waals surface area contributed by atoms with Gasteiger partial charge in [0, 0.05) is 11.3 Å². The molecule has 0 radical (unpaired) electrons. The number of hydrogen-bond donors (Lipinski definition) is 2. The average Bonchev–Trinajstić information content (AvgIpc) is 3.14. The Morgan fingerprint density at radius 2 is 2.32 bits per heavy atom. The number of aliphatic hydroxyl groups excluding tert-OH is 1. The molecule has 4 rings (SSSR count). The molecule has 2 fully saturated rings. The maximum absolute atomic E-state index is 9.41. The van der Waals surface area contributed by atoms with Crippen LogP contribution in [0.2, 0.25) is 0 Å². The van der Waals surface area contributed by atoms with Gasteiger partial charge in [-0.05, 0) is 24.8 Å². The Morgan fingerprint density at radius 1 is 1.48 bits per heavy atom. The summed E-state index contributed by atoms with van der Waals surface area (Å²) >= 11 is 0. The lowest BCUT2D eigenvalue weighted by atomic mass is 9.96. The molecule has 2 aliphatic rings. The van der Waals surface area contributed by atoms with E-state index in [2.05, 4.69) is 25.0 Å². The molecule has 11 nitrogen and oxygen atoms in total. The summed E-state index contributed by atoms with van der Waals surface area (Å²) in [5.74, 6) is 0.459. The van der Waals surface area contributed by atoms with Gasteiger partial charge in [-0.25, -0.2) is 4.98 Å². The molecule has 25 heavy (non-hydrogen) atoms. The quantitative estimate of drug-likeness (QED) is 0.469. The van der Waals surface area contributed by atoms with Gasteiger partial charge in [0.2, 0.25) is 11.8 Å². The monoisotopic (exact) mass is 346 g/mol. The summed E-state index contributed by atoms with van der Waals surface area (Å²) in [5, 5.41) is 13.1. The summed E-state index contributed by atoms with van der Waals surface area (Å²) in [5.41, 5.74) is 15.5. The Bertz CT molecular complexity index is 829. The molecular weight excluding hydrogens is 328 g/mol. The van der Waals surface area contributed by atoms with E-state index in [9.17, 15) is 5.11 Å². The first-order chi connectivity index (χ1) is 12.2. The second kappa shape index (κ2) is 6.36. The second-order valence-electron chi connectivity index (χ2n) is 6.20. The number of fused-ring (bicyclic) bond motifs is 1. The maximum atomic E-state index is 9.41. The number of aliphatic hydroxyl groups is 1. The standard InChI is InChI=1S/C14H18N8O3/c15-14-18-12-11(13(19-14)24-7-2-1-3-7)17-6-22(12)10-4-8(20-21-16)9(5-23)25-10/h6-10,23H,1-5H2,(H2,15,18,19)/t8-,9+,10+/m0/s1. The number of nitrogens with two attached hydrogens (primary N) is 1. The predicted molar refractivity (Wildman–Crippen MR) is 86.5 cm³/mol. The molecular formula is C14H18N8O3. The van der Waals surface area contributed by atoms with Crippen molar-refractivity contribution in [2.75, 3.05) is 12.3 Å². The van der Waals surface area contributed by atoms with Crippen molar-refractivity contribution in [2.45, 2.75) is 50.2 Å². The fourth-order valence-corrected chi connectivity index (χ4v) is 3.08. The smallest absolute Gasteiger partial charge is 0.247 e. The predicted octanol–water partition coefficient (Wildman–Crippen LogP) is 1.30. The summed E-state index contributed by atoms with van der Waals surface area (Å²) in [6, 6.07) is -0.456. The van der Waals surface area contributed by atoms with E-state index in [4.69, 9.17) is 20.7 Å². The Hall–Kier alpha value is -2.62. The summed E-state index contributed by atoms with van der Waals surface area (Å²) in [7, 11) is 0. The molecule has 3 atom stereocenters. The van der Waals surface area contributed by atoms with Gasteiger partial charge < -0.3 is 20.3 Å². The molecule has 0 amide bonds. The van der Waals surface area contributed by atoms with E-state index in [1.54, 1.807) is 10.9 Å². The van der Waals surface area contributed by atoms with Gasteiger partial charge in [-0.1, -0.05) is 5.11 Å². The van der Waals surface area contributed by atoms with E-state index < -0.39 is 18.4 Å². The van der Waals surface area contributed by atoms with E-state index in [1.807, 2.05) is 0 Å². The van der Waals surface area contributed by atoms with Crippen LogP contribution in [0.15, 0.2) is 11.4 Å². The molecule has 0 spiro atoms. The van der Waals surface area contributed by atoms with E-state index >= 15 is 0 Å². The van der Waals surface area contributed by atoms with Crippen molar-refractivity contribution in [1.29, 1.82) is 0 Å². The van der Waals surface area contributed by atoms with Crippen LogP contribution in [0.4, 0.5) is 5.95 Å². The number of ether oxygens (including phenoxy) is 2. The summed E-state index contributed by atoms with van der Waals surface area (Å²) in [6.07, 6.45) is 4.20. The van der Waals surface area contributed by atoms with Crippen LogP contribution < -0.4 is 10.5 Å². The van der Waals surface area contributed by atoms with Crippen LogP contribution >= 0.6 is 0 Å². The van der Waals surface area contributed by atoms with Crippen molar-refractivity contribution in [1.82, 2.24) is 19.5 Å². The fourth-order valence-electron chi connectivity index (χ4n) is 3.08. The third-order valence-corrected chi connectivity index (χ3v) is 4.63. The normalized spacial score (nSPS) is 26.4.